The Morgan fingerprint density at radius 1 is 1.13 bits per heavy atom. The number of carbonyl (C=O) groups is 2. The summed E-state index contributed by atoms with van der Waals surface area (Å²) in [5.41, 5.74) is 3.50. The number of Topliss-reactive ketones (excluding diaryl/α,β-unsaturated/α-hetero) is 1. The highest BCUT2D eigenvalue weighted by Crippen LogP contribution is 2.32. The SMILES string of the molecule is CCOc1cc(C(=O)N2C3CCC2COC3)ccc1C(=O)CC[C@H](O)CN(B(C)O)C1Cc2ccccc2C1. The third-order valence-corrected chi connectivity index (χ3v) is 8.41. The number of rotatable bonds is 11. The first-order valence-corrected chi connectivity index (χ1v) is 14.2. The van der Waals surface area contributed by atoms with Gasteiger partial charge in [-0.15, -0.1) is 0 Å². The van der Waals surface area contributed by atoms with Gasteiger partial charge in [0.15, 0.2) is 5.78 Å². The van der Waals surface area contributed by atoms with Crippen molar-refractivity contribution in [1.29, 1.82) is 0 Å². The molecular formula is C30H39BN2O6. The number of nitrogens with zero attached hydrogens (tertiary/aromatic N) is 2. The fourth-order valence-electron chi connectivity index (χ4n) is 6.41. The second kappa shape index (κ2) is 12.2. The third kappa shape index (κ3) is 6.06. The number of hydrogen-bond acceptors (Lipinski definition) is 7. The molecule has 2 aromatic rings. The topological polar surface area (TPSA) is 99.5 Å². The molecule has 2 aliphatic heterocycles. The lowest BCUT2D eigenvalue weighted by molar-refractivity contribution is -0.00717. The summed E-state index contributed by atoms with van der Waals surface area (Å²) in [6.07, 6.45) is 3.22. The summed E-state index contributed by atoms with van der Waals surface area (Å²) < 4.78 is 11.4. The Morgan fingerprint density at radius 3 is 2.41 bits per heavy atom. The Bertz CT molecular complexity index is 1150. The van der Waals surface area contributed by atoms with Crippen LogP contribution in [0.1, 0.15) is 64.4 Å². The van der Waals surface area contributed by atoms with Crippen molar-refractivity contribution in [3.63, 3.8) is 0 Å². The van der Waals surface area contributed by atoms with Crippen LogP contribution in [0.2, 0.25) is 6.82 Å². The molecule has 39 heavy (non-hydrogen) atoms. The van der Waals surface area contributed by atoms with Crippen LogP contribution in [0.25, 0.3) is 0 Å². The smallest absolute Gasteiger partial charge is 0.376 e. The first kappa shape index (κ1) is 27.8. The van der Waals surface area contributed by atoms with E-state index in [0.29, 0.717) is 36.7 Å². The lowest BCUT2D eigenvalue weighted by Crippen LogP contribution is -2.49. The molecule has 8 nitrogen and oxygen atoms in total. The maximum atomic E-state index is 13.3. The maximum absolute atomic E-state index is 13.3. The van der Waals surface area contributed by atoms with Crippen LogP contribution in [-0.2, 0) is 17.6 Å². The molecule has 2 fully saturated rings. The standard InChI is InChI=1S/C30H39BN2O6/c1-3-39-29-16-22(30(36)33-23-9-10-24(33)19-38-18-23)8-12-27(29)28(35)13-11-26(34)17-32(31(2)37)25-14-20-6-4-5-7-21(20)15-25/h4-8,12,16,23-26,34,37H,3,9-11,13-15,17-19H2,1-2H3/t23?,24?,26-/m0/s1. The number of aliphatic hydroxyl groups is 1. The fraction of sp³-hybridized carbons (Fsp3) is 0.533. The molecule has 2 heterocycles. The van der Waals surface area contributed by atoms with E-state index < -0.39 is 13.2 Å². The van der Waals surface area contributed by atoms with Crippen LogP contribution in [0.4, 0.5) is 0 Å². The number of fused-ring (bicyclic) bond motifs is 3. The van der Waals surface area contributed by atoms with Crippen LogP contribution in [0, 0.1) is 0 Å². The number of aliphatic hydroxyl groups excluding tert-OH is 1. The summed E-state index contributed by atoms with van der Waals surface area (Å²) in [4.78, 5) is 30.4. The Hall–Kier alpha value is -2.72. The van der Waals surface area contributed by atoms with E-state index >= 15 is 0 Å². The summed E-state index contributed by atoms with van der Waals surface area (Å²) in [5.74, 6) is 0.214. The zero-order valence-corrected chi connectivity index (χ0v) is 22.9. The van der Waals surface area contributed by atoms with Gasteiger partial charge in [-0.3, -0.25) is 9.59 Å². The van der Waals surface area contributed by atoms with Gasteiger partial charge in [-0.05, 0) is 75.2 Å². The molecular weight excluding hydrogens is 495 g/mol. The van der Waals surface area contributed by atoms with Gasteiger partial charge in [-0.2, -0.15) is 0 Å². The predicted molar refractivity (Wildman–Crippen MR) is 149 cm³/mol. The molecule has 3 aliphatic rings. The Balaban J connectivity index is 1.21. The fourth-order valence-corrected chi connectivity index (χ4v) is 6.41. The van der Waals surface area contributed by atoms with Crippen molar-refractivity contribution >= 4 is 18.7 Å². The second-order valence-electron chi connectivity index (χ2n) is 11.1. The zero-order chi connectivity index (χ0) is 27.5. The molecule has 2 N–H and O–H groups in total. The molecule has 0 radical (unpaired) electrons. The second-order valence-corrected chi connectivity index (χ2v) is 11.1. The van der Waals surface area contributed by atoms with Crippen molar-refractivity contribution in [2.75, 3.05) is 26.4 Å². The highest BCUT2D eigenvalue weighted by molar-refractivity contribution is 6.45. The van der Waals surface area contributed by atoms with Crippen LogP contribution in [0.5, 0.6) is 5.75 Å². The number of amides is 1. The van der Waals surface area contributed by atoms with Crippen LogP contribution >= 0.6 is 0 Å². The van der Waals surface area contributed by atoms with E-state index in [1.165, 1.54) is 11.1 Å². The molecule has 5 rings (SSSR count). The van der Waals surface area contributed by atoms with E-state index in [-0.39, 0.29) is 49.2 Å². The predicted octanol–water partition coefficient (Wildman–Crippen LogP) is 2.99. The van der Waals surface area contributed by atoms with Gasteiger partial charge in [0.05, 0.1) is 43.6 Å². The summed E-state index contributed by atoms with van der Waals surface area (Å²) in [6.45, 7) is 5.37. The molecule has 2 unspecified atom stereocenters. The van der Waals surface area contributed by atoms with E-state index in [1.54, 1.807) is 25.0 Å². The molecule has 9 heteroatoms. The summed E-state index contributed by atoms with van der Waals surface area (Å²) >= 11 is 0. The Labute approximate surface area is 231 Å². The Kier molecular flexibility index (Phi) is 8.71. The minimum atomic E-state index is -0.763. The quantitative estimate of drug-likeness (QED) is 0.338. The number of ketones is 1. The largest absolute Gasteiger partial charge is 0.493 e. The average Bonchev–Trinajstić information content (AvgIpc) is 3.47. The highest BCUT2D eigenvalue weighted by atomic mass is 16.5. The summed E-state index contributed by atoms with van der Waals surface area (Å²) in [6, 6.07) is 13.7. The van der Waals surface area contributed by atoms with Crippen molar-refractivity contribution in [2.24, 2.45) is 0 Å². The van der Waals surface area contributed by atoms with Gasteiger partial charge in [0.2, 0.25) is 0 Å². The van der Waals surface area contributed by atoms with Crippen LogP contribution in [-0.4, -0.2) is 89.2 Å². The molecule has 2 aromatic carbocycles. The van der Waals surface area contributed by atoms with Crippen LogP contribution in [0.15, 0.2) is 42.5 Å². The lowest BCUT2D eigenvalue weighted by Gasteiger charge is -2.34. The van der Waals surface area contributed by atoms with Crippen molar-refractivity contribution in [2.45, 2.75) is 76.5 Å². The van der Waals surface area contributed by atoms with Gasteiger partial charge in [-0.1, -0.05) is 24.3 Å². The lowest BCUT2D eigenvalue weighted by atomic mass is 9.81. The van der Waals surface area contributed by atoms with E-state index in [0.717, 1.165) is 25.7 Å². The first-order valence-electron chi connectivity index (χ1n) is 14.2. The van der Waals surface area contributed by atoms with E-state index in [1.807, 2.05) is 28.8 Å². The third-order valence-electron chi connectivity index (χ3n) is 8.41. The number of carbonyl (C=O) groups excluding carboxylic acids is 2. The normalized spacial score (nSPS) is 21.2. The van der Waals surface area contributed by atoms with Crippen LogP contribution < -0.4 is 4.74 Å². The van der Waals surface area contributed by atoms with E-state index in [2.05, 4.69) is 12.1 Å². The molecule has 208 valence electrons. The maximum Gasteiger partial charge on any atom is 0.376 e. The van der Waals surface area contributed by atoms with Gasteiger partial charge < -0.3 is 29.3 Å². The molecule has 1 amide bonds. The van der Waals surface area contributed by atoms with Crippen molar-refractivity contribution in [1.82, 2.24) is 9.71 Å². The molecule has 0 aromatic heterocycles. The highest BCUT2D eigenvalue weighted by Gasteiger charge is 2.41. The Morgan fingerprint density at radius 2 is 1.79 bits per heavy atom. The van der Waals surface area contributed by atoms with Crippen molar-refractivity contribution in [3.05, 3.63) is 64.7 Å². The monoisotopic (exact) mass is 534 g/mol. The minimum Gasteiger partial charge on any atom is -0.493 e. The van der Waals surface area contributed by atoms with Crippen molar-refractivity contribution < 1.29 is 29.2 Å². The molecule has 2 bridgehead atoms. The number of ether oxygens (including phenoxy) is 2. The van der Waals surface area contributed by atoms with E-state index in [9.17, 15) is 19.7 Å². The number of morpholine rings is 1. The van der Waals surface area contributed by atoms with Gasteiger partial charge in [0, 0.05) is 24.6 Å². The van der Waals surface area contributed by atoms with Gasteiger partial charge in [-0.25, -0.2) is 0 Å². The van der Waals surface area contributed by atoms with Gasteiger partial charge in [0.25, 0.3) is 5.91 Å². The first-order chi connectivity index (χ1) is 18.9. The molecule has 0 spiro atoms. The molecule has 3 atom stereocenters. The summed E-state index contributed by atoms with van der Waals surface area (Å²) in [7, 11) is -0.703. The molecule has 0 saturated carbocycles. The van der Waals surface area contributed by atoms with Gasteiger partial charge >= 0.3 is 7.05 Å². The summed E-state index contributed by atoms with van der Waals surface area (Å²) in [5, 5.41) is 21.3. The number of hydrogen-bond donors (Lipinski definition) is 2. The molecule has 1 aliphatic carbocycles. The zero-order valence-electron chi connectivity index (χ0n) is 22.9. The van der Waals surface area contributed by atoms with Crippen LogP contribution in [0.3, 0.4) is 0 Å². The van der Waals surface area contributed by atoms with Crippen molar-refractivity contribution in [3.8, 4) is 5.75 Å². The van der Waals surface area contributed by atoms with E-state index in [4.69, 9.17) is 9.47 Å². The molecule has 2 saturated heterocycles. The number of benzene rings is 2. The average molecular weight is 534 g/mol. The van der Waals surface area contributed by atoms with Gasteiger partial charge in [0.1, 0.15) is 5.75 Å². The minimum absolute atomic E-state index is 0.0477.